The lowest BCUT2D eigenvalue weighted by Gasteiger charge is -2.09. The van der Waals surface area contributed by atoms with Crippen LogP contribution in [-0.4, -0.2) is 23.6 Å². The molecule has 1 amide bonds. The Labute approximate surface area is 146 Å². The van der Waals surface area contributed by atoms with Gasteiger partial charge in [-0.3, -0.25) is 4.79 Å². The quantitative estimate of drug-likeness (QED) is 0.740. The summed E-state index contributed by atoms with van der Waals surface area (Å²) >= 11 is 5.97. The normalized spacial score (nSPS) is 10.8. The fourth-order valence-electron chi connectivity index (χ4n) is 2.56. The lowest BCUT2D eigenvalue weighted by Crippen LogP contribution is -2.31. The van der Waals surface area contributed by atoms with E-state index in [4.69, 9.17) is 16.3 Å². The summed E-state index contributed by atoms with van der Waals surface area (Å²) in [6, 6.07) is 15.6. The van der Waals surface area contributed by atoms with Crippen molar-refractivity contribution in [2.45, 2.75) is 13.5 Å². The molecule has 0 unspecified atom stereocenters. The number of aryl methyl sites for hydroxylation is 1. The smallest absolute Gasteiger partial charge is 0.258 e. The summed E-state index contributed by atoms with van der Waals surface area (Å²) in [6.07, 6.45) is 2.03. The molecule has 0 bridgehead atoms. The molecule has 24 heavy (non-hydrogen) atoms. The number of benzene rings is 2. The van der Waals surface area contributed by atoms with Gasteiger partial charge in [0.1, 0.15) is 5.75 Å². The molecule has 0 radical (unpaired) electrons. The number of para-hydroxylation sites is 1. The zero-order chi connectivity index (χ0) is 16.9. The molecular formula is C19H19ClN2O2. The Morgan fingerprint density at radius 2 is 2.04 bits per heavy atom. The van der Waals surface area contributed by atoms with E-state index in [2.05, 4.69) is 28.1 Å². The molecule has 5 heteroatoms. The molecule has 0 aliphatic heterocycles. The van der Waals surface area contributed by atoms with Crippen LogP contribution in [-0.2, 0) is 11.3 Å². The molecule has 2 aromatic carbocycles. The summed E-state index contributed by atoms with van der Waals surface area (Å²) in [4.78, 5) is 11.9. The van der Waals surface area contributed by atoms with Gasteiger partial charge in [0.15, 0.2) is 6.61 Å². The molecule has 0 saturated carbocycles. The molecule has 0 aliphatic carbocycles. The van der Waals surface area contributed by atoms with Crippen LogP contribution in [0, 0.1) is 6.92 Å². The minimum absolute atomic E-state index is 0.00645. The zero-order valence-electron chi connectivity index (χ0n) is 13.5. The highest BCUT2D eigenvalue weighted by Crippen LogP contribution is 2.20. The maximum absolute atomic E-state index is 11.9. The molecular weight excluding hydrogens is 324 g/mol. The predicted octanol–water partition coefficient (Wildman–Crippen LogP) is 3.80. The summed E-state index contributed by atoms with van der Waals surface area (Å²) in [5.74, 6) is 0.502. The Kier molecular flexibility index (Phi) is 5.06. The SMILES string of the molecule is Cc1cc(OCC(=O)NCCn2ccc3ccccc32)ccc1Cl. The molecule has 3 aromatic rings. The van der Waals surface area contributed by atoms with Gasteiger partial charge in [0.05, 0.1) is 0 Å². The predicted molar refractivity (Wildman–Crippen MR) is 96.6 cm³/mol. The molecule has 1 heterocycles. The Hall–Kier alpha value is -2.46. The van der Waals surface area contributed by atoms with Crippen LogP contribution in [0.2, 0.25) is 5.02 Å². The average molecular weight is 343 g/mol. The first kappa shape index (κ1) is 16.4. The molecule has 0 atom stereocenters. The van der Waals surface area contributed by atoms with Crippen molar-refractivity contribution < 1.29 is 9.53 Å². The molecule has 4 nitrogen and oxygen atoms in total. The number of fused-ring (bicyclic) bond motifs is 1. The number of carbonyl (C=O) groups is 1. The van der Waals surface area contributed by atoms with Gasteiger partial charge in [-0.15, -0.1) is 0 Å². The highest BCUT2D eigenvalue weighted by atomic mass is 35.5. The third-order valence-corrected chi connectivity index (χ3v) is 4.28. The van der Waals surface area contributed by atoms with Crippen LogP contribution in [0.3, 0.4) is 0 Å². The third kappa shape index (κ3) is 3.89. The molecule has 0 fully saturated rings. The number of aromatic nitrogens is 1. The van der Waals surface area contributed by atoms with Gasteiger partial charge in [-0.25, -0.2) is 0 Å². The van der Waals surface area contributed by atoms with Crippen LogP contribution in [0.5, 0.6) is 5.75 Å². The second-order valence-electron chi connectivity index (χ2n) is 5.62. The van der Waals surface area contributed by atoms with E-state index in [1.54, 1.807) is 12.1 Å². The Balaban J connectivity index is 1.46. The standard InChI is InChI=1S/C19H19ClN2O2/c1-14-12-16(6-7-17(14)20)24-13-19(23)21-9-11-22-10-8-15-4-2-3-5-18(15)22/h2-8,10,12H,9,11,13H2,1H3,(H,21,23). The van der Waals surface area contributed by atoms with Gasteiger partial charge in [-0.05, 0) is 48.2 Å². The van der Waals surface area contributed by atoms with Gasteiger partial charge >= 0.3 is 0 Å². The van der Waals surface area contributed by atoms with Crippen LogP contribution in [0.4, 0.5) is 0 Å². The topological polar surface area (TPSA) is 43.3 Å². The molecule has 1 N–H and O–H groups in total. The van der Waals surface area contributed by atoms with E-state index in [0.29, 0.717) is 17.3 Å². The van der Waals surface area contributed by atoms with Gasteiger partial charge < -0.3 is 14.6 Å². The largest absolute Gasteiger partial charge is 0.484 e. The van der Waals surface area contributed by atoms with Crippen molar-refractivity contribution in [2.75, 3.05) is 13.2 Å². The van der Waals surface area contributed by atoms with Crippen molar-refractivity contribution in [1.82, 2.24) is 9.88 Å². The first-order valence-electron chi connectivity index (χ1n) is 7.83. The number of rotatable bonds is 6. The van der Waals surface area contributed by atoms with Crippen molar-refractivity contribution >= 4 is 28.4 Å². The molecule has 1 aromatic heterocycles. The summed E-state index contributed by atoms with van der Waals surface area (Å²) in [5, 5.41) is 4.76. The first-order valence-corrected chi connectivity index (χ1v) is 8.21. The highest BCUT2D eigenvalue weighted by molar-refractivity contribution is 6.31. The van der Waals surface area contributed by atoms with Gasteiger partial charge in [0, 0.05) is 29.8 Å². The number of nitrogens with zero attached hydrogens (tertiary/aromatic N) is 1. The van der Waals surface area contributed by atoms with Crippen molar-refractivity contribution in [2.24, 2.45) is 0 Å². The average Bonchev–Trinajstić information content (AvgIpc) is 2.99. The van der Waals surface area contributed by atoms with Crippen LogP contribution in [0.25, 0.3) is 10.9 Å². The molecule has 0 aliphatic rings. The molecule has 3 rings (SSSR count). The van der Waals surface area contributed by atoms with Gasteiger partial charge in [0.2, 0.25) is 0 Å². The van der Waals surface area contributed by atoms with Crippen LogP contribution < -0.4 is 10.1 Å². The van der Waals surface area contributed by atoms with Crippen molar-refractivity contribution in [1.29, 1.82) is 0 Å². The first-order chi connectivity index (χ1) is 11.6. The third-order valence-electron chi connectivity index (χ3n) is 3.85. The number of nitrogens with one attached hydrogen (secondary N) is 1. The van der Waals surface area contributed by atoms with Crippen molar-refractivity contribution in [3.05, 3.63) is 65.3 Å². The number of carbonyl (C=O) groups excluding carboxylic acids is 1. The Bertz CT molecular complexity index is 857. The lowest BCUT2D eigenvalue weighted by molar-refractivity contribution is -0.123. The summed E-state index contributed by atoms with van der Waals surface area (Å²) < 4.78 is 7.61. The van der Waals surface area contributed by atoms with E-state index in [9.17, 15) is 4.79 Å². The van der Waals surface area contributed by atoms with E-state index in [1.165, 1.54) is 10.9 Å². The minimum atomic E-state index is -0.140. The molecule has 0 spiro atoms. The fourth-order valence-corrected chi connectivity index (χ4v) is 2.68. The van der Waals surface area contributed by atoms with Crippen molar-refractivity contribution in [3.8, 4) is 5.75 Å². The zero-order valence-corrected chi connectivity index (χ0v) is 14.2. The molecule has 0 saturated heterocycles. The summed E-state index contributed by atoms with van der Waals surface area (Å²) in [6.45, 7) is 3.17. The second kappa shape index (κ2) is 7.41. The lowest BCUT2D eigenvalue weighted by atomic mass is 10.2. The van der Waals surface area contributed by atoms with Crippen LogP contribution in [0.1, 0.15) is 5.56 Å². The van der Waals surface area contributed by atoms with E-state index in [1.807, 2.05) is 31.3 Å². The fraction of sp³-hybridized carbons (Fsp3) is 0.211. The highest BCUT2D eigenvalue weighted by Gasteiger charge is 2.05. The van der Waals surface area contributed by atoms with Crippen molar-refractivity contribution in [3.63, 3.8) is 0 Å². The maximum Gasteiger partial charge on any atom is 0.258 e. The second-order valence-corrected chi connectivity index (χ2v) is 6.02. The van der Waals surface area contributed by atoms with E-state index < -0.39 is 0 Å². The number of halogens is 1. The van der Waals surface area contributed by atoms with Crippen LogP contribution >= 0.6 is 11.6 Å². The minimum Gasteiger partial charge on any atom is -0.484 e. The van der Waals surface area contributed by atoms with E-state index >= 15 is 0 Å². The van der Waals surface area contributed by atoms with Gasteiger partial charge in [-0.1, -0.05) is 29.8 Å². The molecule has 124 valence electrons. The monoisotopic (exact) mass is 342 g/mol. The summed E-state index contributed by atoms with van der Waals surface area (Å²) in [7, 11) is 0. The Morgan fingerprint density at radius 1 is 1.21 bits per heavy atom. The Morgan fingerprint density at radius 3 is 2.88 bits per heavy atom. The maximum atomic E-state index is 11.9. The number of amides is 1. The van der Waals surface area contributed by atoms with E-state index in [-0.39, 0.29) is 12.5 Å². The number of hydrogen-bond acceptors (Lipinski definition) is 2. The number of ether oxygens (including phenoxy) is 1. The summed E-state index contributed by atoms with van der Waals surface area (Å²) in [5.41, 5.74) is 2.09. The van der Waals surface area contributed by atoms with Crippen LogP contribution in [0.15, 0.2) is 54.7 Å². The van der Waals surface area contributed by atoms with Gasteiger partial charge in [0.25, 0.3) is 5.91 Å². The number of hydrogen-bond donors (Lipinski definition) is 1. The van der Waals surface area contributed by atoms with Gasteiger partial charge in [-0.2, -0.15) is 0 Å². The van der Waals surface area contributed by atoms with E-state index in [0.717, 1.165) is 12.1 Å².